The third kappa shape index (κ3) is 8.75. The summed E-state index contributed by atoms with van der Waals surface area (Å²) >= 11 is 0. The molecule has 0 atom stereocenters. The summed E-state index contributed by atoms with van der Waals surface area (Å²) in [5, 5.41) is 12.2. The number of carboxylic acids is 1. The summed E-state index contributed by atoms with van der Waals surface area (Å²) in [7, 11) is -4.31. The second-order valence-corrected chi connectivity index (χ2v) is 10.8. The molecule has 1 aromatic heterocycles. The van der Waals surface area contributed by atoms with Gasteiger partial charge in [0.1, 0.15) is 0 Å². The van der Waals surface area contributed by atoms with E-state index in [9.17, 15) is 27.9 Å². The van der Waals surface area contributed by atoms with Gasteiger partial charge in [0.25, 0.3) is 21.8 Å². The van der Waals surface area contributed by atoms with E-state index in [-0.39, 0.29) is 21.7 Å². The maximum absolute atomic E-state index is 12.9. The van der Waals surface area contributed by atoms with Crippen molar-refractivity contribution in [2.24, 2.45) is 0 Å². The van der Waals surface area contributed by atoms with Crippen molar-refractivity contribution in [1.29, 1.82) is 0 Å². The van der Waals surface area contributed by atoms with E-state index in [2.05, 4.69) is 22.4 Å². The van der Waals surface area contributed by atoms with Crippen LogP contribution in [0.4, 0.5) is 0 Å². The first kappa shape index (κ1) is 29.5. The average molecular weight is 552 g/mol. The monoisotopic (exact) mass is 551 g/mol. The van der Waals surface area contributed by atoms with Crippen molar-refractivity contribution >= 4 is 27.8 Å². The van der Waals surface area contributed by atoms with Crippen molar-refractivity contribution in [3.05, 3.63) is 94.8 Å². The van der Waals surface area contributed by atoms with Crippen LogP contribution in [0.3, 0.4) is 0 Å². The van der Waals surface area contributed by atoms with Gasteiger partial charge >= 0.3 is 5.97 Å². The second-order valence-electron chi connectivity index (χ2n) is 9.16. The highest BCUT2D eigenvalue weighted by Gasteiger charge is 2.22. The van der Waals surface area contributed by atoms with Crippen LogP contribution in [0.25, 0.3) is 0 Å². The van der Waals surface area contributed by atoms with E-state index < -0.39 is 27.8 Å². The van der Waals surface area contributed by atoms with Gasteiger partial charge in [-0.1, -0.05) is 56.2 Å². The highest BCUT2D eigenvalue weighted by molar-refractivity contribution is 7.90. The number of aryl methyl sites for hydroxylation is 2. The number of unbranched alkanes of at least 4 members (excludes halogenated alkanes) is 3. The standard InChI is InChI=1S/C29H33N3O6S/c1-2-3-5-14-22-18-24(20-31-26(22)29(35)36)28(34)32-39(37,38)25-16-10-15-23(19-25)27(33)30-17-9-8-13-21-11-6-4-7-12-21/h4,6-7,10-12,15-16,18-20H,2-3,5,8-9,13-14,17H2,1H3,(H,30,33)(H,32,34)(H,35,36). The Labute approximate surface area is 228 Å². The number of amides is 2. The minimum absolute atomic E-state index is 0.0699. The molecule has 0 saturated carbocycles. The van der Waals surface area contributed by atoms with Gasteiger partial charge in [0.2, 0.25) is 0 Å². The number of hydrogen-bond donors (Lipinski definition) is 3. The predicted molar refractivity (Wildman–Crippen MR) is 147 cm³/mol. The van der Waals surface area contributed by atoms with Crippen molar-refractivity contribution in [3.8, 4) is 0 Å². The molecule has 3 rings (SSSR count). The van der Waals surface area contributed by atoms with Crippen LogP contribution >= 0.6 is 0 Å². The maximum Gasteiger partial charge on any atom is 0.354 e. The normalized spacial score (nSPS) is 11.1. The number of pyridine rings is 1. The molecule has 39 heavy (non-hydrogen) atoms. The molecule has 2 aromatic carbocycles. The van der Waals surface area contributed by atoms with Gasteiger partial charge in [-0.25, -0.2) is 22.9 Å². The number of carboxylic acid groups (broad SMARTS) is 1. The second kappa shape index (κ2) is 14.2. The molecule has 0 unspecified atom stereocenters. The molecule has 3 N–H and O–H groups in total. The fourth-order valence-corrected chi connectivity index (χ4v) is 5.05. The van der Waals surface area contributed by atoms with Gasteiger partial charge in [-0.15, -0.1) is 0 Å². The van der Waals surface area contributed by atoms with Crippen LogP contribution < -0.4 is 10.0 Å². The van der Waals surface area contributed by atoms with Crippen LogP contribution in [-0.2, 0) is 22.9 Å². The minimum atomic E-state index is -4.31. The number of rotatable bonds is 14. The van der Waals surface area contributed by atoms with Gasteiger partial charge in [-0.05, 0) is 67.5 Å². The molecule has 0 spiro atoms. The molecule has 0 radical (unpaired) electrons. The lowest BCUT2D eigenvalue weighted by molar-refractivity contribution is 0.0688. The molecular formula is C29H33N3O6S. The minimum Gasteiger partial charge on any atom is -0.477 e. The molecule has 9 nitrogen and oxygen atoms in total. The third-order valence-corrected chi connectivity index (χ3v) is 7.46. The zero-order chi connectivity index (χ0) is 28.3. The van der Waals surface area contributed by atoms with Crippen LogP contribution in [0.1, 0.15) is 81.4 Å². The largest absolute Gasteiger partial charge is 0.477 e. The molecule has 0 aliphatic heterocycles. The van der Waals surface area contributed by atoms with Crippen LogP contribution in [0.15, 0.2) is 71.8 Å². The number of aromatic nitrogens is 1. The molecule has 3 aromatic rings. The Kier molecular flexibility index (Phi) is 10.7. The lowest BCUT2D eigenvalue weighted by atomic mass is 10.0. The van der Waals surface area contributed by atoms with Gasteiger partial charge in [0, 0.05) is 18.3 Å². The fraction of sp³-hybridized carbons (Fsp3) is 0.310. The molecular weight excluding hydrogens is 518 g/mol. The van der Waals surface area contributed by atoms with E-state index in [1.54, 1.807) is 0 Å². The van der Waals surface area contributed by atoms with Crippen molar-refractivity contribution in [3.63, 3.8) is 0 Å². The number of benzene rings is 2. The van der Waals surface area contributed by atoms with Crippen molar-refractivity contribution < 1.29 is 27.9 Å². The Morgan fingerprint density at radius 1 is 0.846 bits per heavy atom. The Morgan fingerprint density at radius 2 is 1.59 bits per heavy atom. The van der Waals surface area contributed by atoms with Crippen LogP contribution in [0.2, 0.25) is 0 Å². The lowest BCUT2D eigenvalue weighted by Crippen LogP contribution is -2.31. The van der Waals surface area contributed by atoms with Gasteiger partial charge in [0.15, 0.2) is 5.69 Å². The molecule has 0 bridgehead atoms. The van der Waals surface area contributed by atoms with E-state index in [1.165, 1.54) is 35.9 Å². The fourth-order valence-electron chi connectivity index (χ4n) is 4.03. The van der Waals surface area contributed by atoms with E-state index in [1.807, 2.05) is 29.8 Å². The first-order valence-electron chi connectivity index (χ1n) is 12.9. The van der Waals surface area contributed by atoms with Gasteiger partial charge in [0.05, 0.1) is 10.5 Å². The van der Waals surface area contributed by atoms with E-state index in [0.29, 0.717) is 24.9 Å². The smallest absolute Gasteiger partial charge is 0.354 e. The summed E-state index contributed by atoms with van der Waals surface area (Å²) < 4.78 is 27.8. The molecule has 0 aliphatic carbocycles. The summed E-state index contributed by atoms with van der Waals surface area (Å²) in [4.78, 5) is 40.5. The van der Waals surface area contributed by atoms with Crippen molar-refractivity contribution in [2.75, 3.05) is 6.54 Å². The van der Waals surface area contributed by atoms with Gasteiger partial charge in [-0.3, -0.25) is 9.59 Å². The number of aromatic carboxylic acids is 1. The molecule has 2 amide bonds. The van der Waals surface area contributed by atoms with Crippen LogP contribution in [-0.4, -0.2) is 42.8 Å². The average Bonchev–Trinajstić information content (AvgIpc) is 2.93. The van der Waals surface area contributed by atoms with Gasteiger partial charge in [-0.2, -0.15) is 0 Å². The topological polar surface area (TPSA) is 143 Å². The Balaban J connectivity index is 1.62. The summed E-state index contributed by atoms with van der Waals surface area (Å²) in [6, 6.07) is 16.8. The highest BCUT2D eigenvalue weighted by Crippen LogP contribution is 2.16. The maximum atomic E-state index is 12.9. The Hall–Kier alpha value is -4.05. The van der Waals surface area contributed by atoms with Crippen molar-refractivity contribution in [1.82, 2.24) is 15.0 Å². The van der Waals surface area contributed by atoms with Crippen LogP contribution in [0, 0.1) is 0 Å². The SMILES string of the molecule is CCCCCc1cc(C(=O)NS(=O)(=O)c2cccc(C(=O)NCCCCc3ccccc3)c2)cnc1C(=O)O. The number of carbonyl (C=O) groups excluding carboxylic acids is 2. The van der Waals surface area contributed by atoms with E-state index in [4.69, 9.17) is 0 Å². The molecule has 1 heterocycles. The molecule has 0 fully saturated rings. The molecule has 0 aliphatic rings. The summed E-state index contributed by atoms with van der Waals surface area (Å²) in [6.45, 7) is 2.45. The third-order valence-electron chi connectivity index (χ3n) is 6.14. The van der Waals surface area contributed by atoms with Crippen molar-refractivity contribution in [2.45, 2.75) is 56.8 Å². The summed E-state index contributed by atoms with van der Waals surface area (Å²) in [5.41, 5.74) is 1.51. The van der Waals surface area contributed by atoms with Crippen LogP contribution in [0.5, 0.6) is 0 Å². The van der Waals surface area contributed by atoms with E-state index >= 15 is 0 Å². The Bertz CT molecular complexity index is 1410. The highest BCUT2D eigenvalue weighted by atomic mass is 32.2. The summed E-state index contributed by atoms with van der Waals surface area (Å²) in [6.07, 6.45) is 6.53. The molecule has 206 valence electrons. The number of hydrogen-bond acceptors (Lipinski definition) is 6. The summed E-state index contributed by atoms with van der Waals surface area (Å²) in [5.74, 6) is -2.57. The molecule has 10 heteroatoms. The van der Waals surface area contributed by atoms with Gasteiger partial charge < -0.3 is 10.4 Å². The van der Waals surface area contributed by atoms with E-state index in [0.717, 1.165) is 38.3 Å². The number of nitrogens with one attached hydrogen (secondary N) is 2. The predicted octanol–water partition coefficient (Wildman–Crippen LogP) is 4.38. The molecule has 0 saturated heterocycles. The first-order valence-corrected chi connectivity index (χ1v) is 14.4. The first-order chi connectivity index (χ1) is 18.7. The number of nitrogens with zero attached hydrogens (tertiary/aromatic N) is 1. The zero-order valence-electron chi connectivity index (χ0n) is 21.9. The lowest BCUT2D eigenvalue weighted by Gasteiger charge is -2.11. The number of carbonyl (C=O) groups is 3. The Morgan fingerprint density at radius 3 is 2.31 bits per heavy atom. The number of sulfonamides is 1. The quantitative estimate of drug-likeness (QED) is 0.252. The zero-order valence-corrected chi connectivity index (χ0v) is 22.7.